The number of Topliss-reactive ketones (excluding diaryl/α,β-unsaturated/α-hetero) is 1. The molecule has 1 atom stereocenters. The zero-order valence-corrected chi connectivity index (χ0v) is 18.3. The van der Waals surface area contributed by atoms with E-state index in [0.717, 1.165) is 0 Å². The van der Waals surface area contributed by atoms with Gasteiger partial charge in [0.05, 0.1) is 11.7 Å². The fourth-order valence-corrected chi connectivity index (χ4v) is 4.12. The number of carbonyl (C=O) groups is 2. The number of anilines is 1. The van der Waals surface area contributed by atoms with Gasteiger partial charge in [-0.2, -0.15) is 0 Å². The number of hydrogen-bond donors (Lipinski definition) is 1. The molecule has 1 amide bonds. The summed E-state index contributed by atoms with van der Waals surface area (Å²) in [5, 5.41) is 19.9. The van der Waals surface area contributed by atoms with Gasteiger partial charge in [-0.15, -0.1) is 10.2 Å². The molecule has 1 fully saturated rings. The van der Waals surface area contributed by atoms with Crippen LogP contribution in [0.5, 0.6) is 5.75 Å². The molecule has 0 saturated carbocycles. The summed E-state index contributed by atoms with van der Waals surface area (Å²) in [6, 6.07) is 9.14. The number of hydrogen-bond acceptors (Lipinski definition) is 8. The van der Waals surface area contributed by atoms with E-state index in [-0.39, 0.29) is 22.6 Å². The lowest BCUT2D eigenvalue weighted by Crippen LogP contribution is -2.29. The SMILES string of the molecule is Cc1ccc(C2/C(=C(\O)c3ccc(OC(C)C)cc3)C(=O)C(=O)N2c2nnc(C)s2)o1. The standard InChI is InChI=1S/C22H21N3O5S/c1-11(2)29-15-8-6-14(7-9-15)19(26)17-18(16-10-5-12(3)30-16)25(21(28)20(17)27)22-24-23-13(4)31-22/h5-11,18,26H,1-4H3/b19-17+. The van der Waals surface area contributed by atoms with Crippen LogP contribution in [0.3, 0.4) is 0 Å². The van der Waals surface area contributed by atoms with Gasteiger partial charge in [0.2, 0.25) is 5.13 Å². The zero-order chi connectivity index (χ0) is 22.3. The van der Waals surface area contributed by atoms with E-state index >= 15 is 0 Å². The maximum atomic E-state index is 13.0. The molecule has 0 spiro atoms. The Morgan fingerprint density at radius 2 is 1.84 bits per heavy atom. The van der Waals surface area contributed by atoms with Crippen LogP contribution in [-0.4, -0.2) is 33.1 Å². The number of amides is 1. The summed E-state index contributed by atoms with van der Waals surface area (Å²) in [4.78, 5) is 27.2. The average Bonchev–Trinajstić information content (AvgIpc) is 3.40. The van der Waals surface area contributed by atoms with E-state index < -0.39 is 17.7 Å². The van der Waals surface area contributed by atoms with Gasteiger partial charge < -0.3 is 14.3 Å². The molecule has 2 aromatic heterocycles. The number of nitrogens with zero attached hydrogens (tertiary/aromatic N) is 3. The van der Waals surface area contributed by atoms with E-state index in [0.29, 0.717) is 27.8 Å². The molecule has 9 heteroatoms. The van der Waals surface area contributed by atoms with Crippen LogP contribution in [0.15, 0.2) is 46.4 Å². The number of aliphatic hydroxyl groups excluding tert-OH is 1. The Labute approximate surface area is 182 Å². The maximum absolute atomic E-state index is 13.0. The molecule has 1 aliphatic heterocycles. The van der Waals surface area contributed by atoms with Gasteiger partial charge in [0.1, 0.15) is 34.1 Å². The van der Waals surface area contributed by atoms with Crippen molar-refractivity contribution >= 4 is 33.9 Å². The topological polar surface area (TPSA) is 106 Å². The molecule has 3 heterocycles. The lowest BCUT2D eigenvalue weighted by atomic mass is 9.99. The summed E-state index contributed by atoms with van der Waals surface area (Å²) < 4.78 is 11.4. The lowest BCUT2D eigenvalue weighted by molar-refractivity contribution is -0.132. The summed E-state index contributed by atoms with van der Waals surface area (Å²) in [5.74, 6) is -0.301. The molecule has 31 heavy (non-hydrogen) atoms. The average molecular weight is 439 g/mol. The molecular formula is C22H21N3O5S. The van der Waals surface area contributed by atoms with E-state index in [9.17, 15) is 14.7 Å². The molecule has 0 aliphatic carbocycles. The molecule has 3 aromatic rings. The second-order valence-corrected chi connectivity index (χ2v) is 8.57. The highest BCUT2D eigenvalue weighted by molar-refractivity contribution is 7.15. The number of ether oxygens (including phenoxy) is 1. The number of aryl methyl sites for hydroxylation is 2. The van der Waals surface area contributed by atoms with Gasteiger partial charge in [-0.1, -0.05) is 11.3 Å². The van der Waals surface area contributed by atoms with Crippen LogP contribution in [0.25, 0.3) is 5.76 Å². The van der Waals surface area contributed by atoms with Crippen LogP contribution in [0, 0.1) is 13.8 Å². The second kappa shape index (κ2) is 7.99. The van der Waals surface area contributed by atoms with Gasteiger partial charge >= 0.3 is 5.91 Å². The van der Waals surface area contributed by atoms with Gasteiger partial charge in [0, 0.05) is 5.56 Å². The highest BCUT2D eigenvalue weighted by Crippen LogP contribution is 2.43. The van der Waals surface area contributed by atoms with Crippen molar-refractivity contribution in [2.75, 3.05) is 4.90 Å². The Kier molecular flexibility index (Phi) is 5.36. The fraction of sp³-hybridized carbons (Fsp3) is 0.273. The van der Waals surface area contributed by atoms with E-state index in [4.69, 9.17) is 9.15 Å². The van der Waals surface area contributed by atoms with E-state index in [2.05, 4.69) is 10.2 Å². The smallest absolute Gasteiger partial charge is 0.302 e. The Hall–Kier alpha value is -3.46. The molecule has 1 saturated heterocycles. The minimum absolute atomic E-state index is 0.00215. The van der Waals surface area contributed by atoms with Crippen molar-refractivity contribution in [1.82, 2.24) is 10.2 Å². The van der Waals surface area contributed by atoms with Crippen LogP contribution in [0.2, 0.25) is 0 Å². The van der Waals surface area contributed by atoms with Crippen LogP contribution < -0.4 is 9.64 Å². The van der Waals surface area contributed by atoms with Gasteiger partial charge in [-0.3, -0.25) is 14.5 Å². The quantitative estimate of drug-likeness (QED) is 0.361. The minimum atomic E-state index is -0.951. The predicted octanol–water partition coefficient (Wildman–Crippen LogP) is 4.16. The van der Waals surface area contributed by atoms with Gasteiger partial charge in [0.15, 0.2) is 0 Å². The lowest BCUT2D eigenvalue weighted by Gasteiger charge is -2.20. The summed E-state index contributed by atoms with van der Waals surface area (Å²) in [6.07, 6.45) is 0.00215. The molecule has 4 rings (SSSR count). The van der Waals surface area contributed by atoms with Crippen LogP contribution >= 0.6 is 11.3 Å². The van der Waals surface area contributed by atoms with Crippen molar-refractivity contribution in [3.63, 3.8) is 0 Å². The number of benzene rings is 1. The summed E-state index contributed by atoms with van der Waals surface area (Å²) in [6.45, 7) is 7.34. The van der Waals surface area contributed by atoms with Crippen molar-refractivity contribution in [3.05, 3.63) is 64.1 Å². The second-order valence-electron chi connectivity index (χ2n) is 7.41. The summed E-state index contributed by atoms with van der Waals surface area (Å²) >= 11 is 1.18. The number of ketones is 1. The third-order valence-electron chi connectivity index (χ3n) is 4.70. The molecule has 1 N–H and O–H groups in total. The Bertz CT molecular complexity index is 1180. The number of aromatic nitrogens is 2. The number of rotatable bonds is 5. The minimum Gasteiger partial charge on any atom is -0.507 e. The van der Waals surface area contributed by atoms with Crippen LogP contribution in [-0.2, 0) is 9.59 Å². The monoisotopic (exact) mass is 439 g/mol. The maximum Gasteiger partial charge on any atom is 0.302 e. The molecule has 0 radical (unpaired) electrons. The molecule has 1 aliphatic rings. The molecule has 160 valence electrons. The first-order chi connectivity index (χ1) is 14.8. The molecule has 1 unspecified atom stereocenters. The van der Waals surface area contributed by atoms with Crippen molar-refractivity contribution in [1.29, 1.82) is 0 Å². The third-order valence-corrected chi connectivity index (χ3v) is 5.53. The van der Waals surface area contributed by atoms with Crippen LogP contribution in [0.1, 0.15) is 42.0 Å². The first-order valence-electron chi connectivity index (χ1n) is 9.70. The van der Waals surface area contributed by atoms with E-state index in [1.54, 1.807) is 50.2 Å². The Morgan fingerprint density at radius 3 is 2.39 bits per heavy atom. The Morgan fingerprint density at radius 1 is 1.13 bits per heavy atom. The molecule has 0 bridgehead atoms. The zero-order valence-electron chi connectivity index (χ0n) is 17.4. The van der Waals surface area contributed by atoms with E-state index in [1.807, 2.05) is 13.8 Å². The van der Waals surface area contributed by atoms with Gasteiger partial charge in [0.25, 0.3) is 5.78 Å². The summed E-state index contributed by atoms with van der Waals surface area (Å²) in [5.41, 5.74) is 0.320. The van der Waals surface area contributed by atoms with Crippen molar-refractivity contribution in [2.24, 2.45) is 0 Å². The van der Waals surface area contributed by atoms with Crippen molar-refractivity contribution in [3.8, 4) is 5.75 Å². The highest BCUT2D eigenvalue weighted by atomic mass is 32.1. The first kappa shape index (κ1) is 20.8. The molecule has 1 aromatic carbocycles. The number of aliphatic hydroxyl groups is 1. The first-order valence-corrected chi connectivity index (χ1v) is 10.5. The number of carbonyl (C=O) groups excluding carboxylic acids is 2. The predicted molar refractivity (Wildman–Crippen MR) is 115 cm³/mol. The largest absolute Gasteiger partial charge is 0.507 e. The van der Waals surface area contributed by atoms with Crippen molar-refractivity contribution in [2.45, 2.75) is 39.8 Å². The summed E-state index contributed by atoms with van der Waals surface area (Å²) in [7, 11) is 0. The van der Waals surface area contributed by atoms with Gasteiger partial charge in [-0.25, -0.2) is 0 Å². The normalized spacial score (nSPS) is 18.2. The Balaban J connectivity index is 1.84. The number of furan rings is 1. The van der Waals surface area contributed by atoms with Crippen molar-refractivity contribution < 1.29 is 23.8 Å². The molecule has 8 nitrogen and oxygen atoms in total. The van der Waals surface area contributed by atoms with Gasteiger partial charge in [-0.05, 0) is 64.1 Å². The fourth-order valence-electron chi connectivity index (χ4n) is 3.40. The molecular weight excluding hydrogens is 418 g/mol. The third kappa shape index (κ3) is 3.84. The van der Waals surface area contributed by atoms with Crippen LogP contribution in [0.4, 0.5) is 5.13 Å². The highest BCUT2D eigenvalue weighted by Gasteiger charge is 2.49. The van der Waals surface area contributed by atoms with E-state index in [1.165, 1.54) is 16.2 Å².